The minimum atomic E-state index is -0.274. The number of rotatable bonds is 7. The van der Waals surface area contributed by atoms with Crippen molar-refractivity contribution in [2.24, 2.45) is 0 Å². The van der Waals surface area contributed by atoms with Crippen LogP contribution in [-0.4, -0.2) is 62.0 Å². The van der Waals surface area contributed by atoms with E-state index in [1.807, 2.05) is 13.0 Å². The number of hydrogen-bond donors (Lipinski definition) is 2. The van der Waals surface area contributed by atoms with Gasteiger partial charge >= 0.3 is 0 Å². The molecule has 0 spiro atoms. The zero-order chi connectivity index (χ0) is 22.0. The van der Waals surface area contributed by atoms with Gasteiger partial charge in [0.2, 0.25) is 0 Å². The summed E-state index contributed by atoms with van der Waals surface area (Å²) in [6, 6.07) is 3.66. The summed E-state index contributed by atoms with van der Waals surface area (Å²) >= 11 is 6.60. The summed E-state index contributed by atoms with van der Waals surface area (Å²) in [5, 5.41) is 12.2. The first kappa shape index (κ1) is 21.9. The lowest BCUT2D eigenvalue weighted by atomic mass is 10.2. The average Bonchev–Trinajstić information content (AvgIpc) is 3.35. The second-order valence-corrected chi connectivity index (χ2v) is 9.22. The van der Waals surface area contributed by atoms with Gasteiger partial charge in [0.1, 0.15) is 15.8 Å². The third kappa shape index (κ3) is 4.67. The molecular weight excluding hydrogens is 436 g/mol. The molecule has 2 N–H and O–H groups in total. The van der Waals surface area contributed by atoms with Gasteiger partial charge in [-0.25, -0.2) is 4.98 Å². The fourth-order valence-corrected chi connectivity index (χ4v) is 4.85. The molecule has 2 aliphatic heterocycles. The lowest BCUT2D eigenvalue weighted by Crippen LogP contribution is -2.35. The first-order chi connectivity index (χ1) is 15.0. The maximum Gasteiger partial charge on any atom is 0.267 e. The number of fused-ring (bicyclic) bond motifs is 1. The number of carbonyl (C=O) groups excluding carboxylic acids is 1. The molecule has 0 aromatic carbocycles. The van der Waals surface area contributed by atoms with Crippen molar-refractivity contribution in [2.45, 2.75) is 32.3 Å². The molecule has 0 bridgehead atoms. The normalized spacial score (nSPS) is 20.4. The van der Waals surface area contributed by atoms with Crippen LogP contribution in [0.15, 0.2) is 28.0 Å². The summed E-state index contributed by atoms with van der Waals surface area (Å²) in [6.07, 6.45) is 5.69. The number of hydrogen-bond acceptors (Lipinski definition) is 8. The van der Waals surface area contributed by atoms with E-state index in [1.54, 1.807) is 23.2 Å². The summed E-state index contributed by atoms with van der Waals surface area (Å²) < 4.78 is 7.58. The molecule has 0 radical (unpaired) electrons. The Kier molecular flexibility index (Phi) is 6.71. The summed E-state index contributed by atoms with van der Waals surface area (Å²) in [4.78, 5) is 32.8. The zero-order valence-corrected chi connectivity index (χ0v) is 18.8. The molecule has 1 atom stereocenters. The van der Waals surface area contributed by atoms with Gasteiger partial charge in [0.15, 0.2) is 0 Å². The Hall–Kier alpha value is -2.27. The molecule has 2 aromatic rings. The highest BCUT2D eigenvalue weighted by Crippen LogP contribution is 2.34. The van der Waals surface area contributed by atoms with Gasteiger partial charge in [-0.3, -0.25) is 18.9 Å². The number of nitrogens with one attached hydrogen (secondary N) is 1. The highest BCUT2D eigenvalue weighted by molar-refractivity contribution is 8.26. The summed E-state index contributed by atoms with van der Waals surface area (Å²) in [6.45, 7) is 3.51. The fourth-order valence-electron chi connectivity index (χ4n) is 3.59. The number of carbonyl (C=O) groups is 1. The van der Waals surface area contributed by atoms with E-state index < -0.39 is 0 Å². The number of anilines is 1. The van der Waals surface area contributed by atoms with Crippen LogP contribution in [0.5, 0.6) is 0 Å². The van der Waals surface area contributed by atoms with E-state index in [9.17, 15) is 9.59 Å². The Labute approximate surface area is 189 Å². The van der Waals surface area contributed by atoms with Crippen molar-refractivity contribution < 1.29 is 14.6 Å². The van der Waals surface area contributed by atoms with E-state index >= 15 is 0 Å². The van der Waals surface area contributed by atoms with Crippen molar-refractivity contribution >= 4 is 51.7 Å². The molecule has 10 heteroatoms. The van der Waals surface area contributed by atoms with Crippen molar-refractivity contribution in [3.63, 3.8) is 0 Å². The minimum Gasteiger partial charge on any atom is -0.396 e. The molecule has 2 aromatic heterocycles. The second kappa shape index (κ2) is 9.47. The first-order valence-corrected chi connectivity index (χ1v) is 11.4. The smallest absolute Gasteiger partial charge is 0.267 e. The quantitative estimate of drug-likeness (QED) is 0.369. The molecule has 2 saturated heterocycles. The SMILES string of the molecule is Cc1ccc2nc(NCCCO)c(/C=C3\SC(=S)N(C[C@H]4CCCO4)C3=O)c(=O)n2c1. The largest absolute Gasteiger partial charge is 0.396 e. The van der Waals surface area contributed by atoms with Crippen LogP contribution >= 0.6 is 24.0 Å². The lowest BCUT2D eigenvalue weighted by molar-refractivity contribution is -0.123. The highest BCUT2D eigenvalue weighted by Gasteiger charge is 2.35. The Bertz CT molecular complexity index is 1110. The Morgan fingerprint density at radius 1 is 1.42 bits per heavy atom. The van der Waals surface area contributed by atoms with Gasteiger partial charge in [0.05, 0.1) is 23.1 Å². The van der Waals surface area contributed by atoms with Gasteiger partial charge in [-0.05, 0) is 43.9 Å². The fraction of sp³-hybridized carbons (Fsp3) is 0.429. The van der Waals surface area contributed by atoms with Gasteiger partial charge in [0.25, 0.3) is 11.5 Å². The Morgan fingerprint density at radius 3 is 3.00 bits per heavy atom. The van der Waals surface area contributed by atoms with Crippen molar-refractivity contribution in [1.29, 1.82) is 0 Å². The van der Waals surface area contributed by atoms with E-state index in [1.165, 1.54) is 16.2 Å². The molecule has 8 nitrogen and oxygen atoms in total. The second-order valence-electron chi connectivity index (χ2n) is 7.55. The summed E-state index contributed by atoms with van der Waals surface area (Å²) in [5.74, 6) is 0.159. The van der Waals surface area contributed by atoms with Crippen molar-refractivity contribution in [3.8, 4) is 0 Å². The third-order valence-corrected chi connectivity index (χ3v) is 6.57. The number of thioether (sulfide) groups is 1. The van der Waals surface area contributed by atoms with E-state index in [-0.39, 0.29) is 24.2 Å². The molecule has 0 aliphatic carbocycles. The predicted molar refractivity (Wildman–Crippen MR) is 125 cm³/mol. The molecule has 0 unspecified atom stereocenters. The maximum absolute atomic E-state index is 13.3. The molecular formula is C21H24N4O4S2. The van der Waals surface area contributed by atoms with Crippen LogP contribution in [0.3, 0.4) is 0 Å². The van der Waals surface area contributed by atoms with Gasteiger partial charge in [-0.2, -0.15) is 0 Å². The van der Waals surface area contributed by atoms with Gasteiger partial charge in [-0.15, -0.1) is 0 Å². The van der Waals surface area contributed by atoms with E-state index in [2.05, 4.69) is 10.3 Å². The lowest BCUT2D eigenvalue weighted by Gasteiger charge is -2.18. The minimum absolute atomic E-state index is 0.00602. The number of pyridine rings is 1. The van der Waals surface area contributed by atoms with E-state index in [0.717, 1.165) is 18.4 Å². The van der Waals surface area contributed by atoms with Gasteiger partial charge in [-0.1, -0.05) is 30.0 Å². The van der Waals surface area contributed by atoms with Crippen LogP contribution in [0.25, 0.3) is 11.7 Å². The number of aryl methyl sites for hydroxylation is 1. The van der Waals surface area contributed by atoms with Crippen molar-refractivity contribution in [3.05, 3.63) is 44.7 Å². The molecule has 4 rings (SSSR count). The molecule has 164 valence electrons. The molecule has 2 fully saturated rings. The van der Waals surface area contributed by atoms with Gasteiger partial charge in [0, 0.05) is 26.0 Å². The highest BCUT2D eigenvalue weighted by atomic mass is 32.2. The average molecular weight is 461 g/mol. The van der Waals surface area contributed by atoms with Crippen LogP contribution in [-0.2, 0) is 9.53 Å². The zero-order valence-electron chi connectivity index (χ0n) is 17.2. The number of ether oxygens (including phenoxy) is 1. The third-order valence-electron chi connectivity index (χ3n) is 5.19. The maximum atomic E-state index is 13.3. The Morgan fingerprint density at radius 2 is 2.26 bits per heavy atom. The molecule has 4 heterocycles. The molecule has 31 heavy (non-hydrogen) atoms. The number of aliphatic hydroxyl groups excluding tert-OH is 1. The molecule has 0 saturated carbocycles. The monoisotopic (exact) mass is 460 g/mol. The number of aromatic nitrogens is 2. The van der Waals surface area contributed by atoms with Crippen molar-refractivity contribution in [2.75, 3.05) is 31.6 Å². The molecule has 2 aliphatic rings. The van der Waals surface area contributed by atoms with Crippen LogP contribution in [0, 0.1) is 6.92 Å². The first-order valence-electron chi connectivity index (χ1n) is 10.2. The molecule has 1 amide bonds. The van der Waals surface area contributed by atoms with E-state index in [0.29, 0.717) is 52.4 Å². The van der Waals surface area contributed by atoms with Crippen LogP contribution in [0.2, 0.25) is 0 Å². The van der Waals surface area contributed by atoms with Crippen LogP contribution in [0.1, 0.15) is 30.4 Å². The Balaban J connectivity index is 1.71. The van der Waals surface area contributed by atoms with Crippen LogP contribution in [0.4, 0.5) is 5.82 Å². The summed E-state index contributed by atoms with van der Waals surface area (Å²) in [5.41, 5.74) is 1.44. The number of amides is 1. The topological polar surface area (TPSA) is 96.2 Å². The number of nitrogens with zero attached hydrogens (tertiary/aromatic N) is 3. The van der Waals surface area contributed by atoms with Gasteiger partial charge < -0.3 is 15.2 Å². The predicted octanol–water partition coefficient (Wildman–Crippen LogP) is 2.18. The number of thiocarbonyl (C=S) groups is 1. The van der Waals surface area contributed by atoms with E-state index in [4.69, 9.17) is 22.1 Å². The standard InChI is InChI=1S/C21H24N4O4S2/c1-13-5-6-17-23-18(22-7-3-8-26)15(19(27)24(17)11-13)10-16-20(28)25(21(30)31-16)12-14-4-2-9-29-14/h5-6,10-11,14,22,26H,2-4,7-9,12H2,1H3/b16-10-/t14-/m1/s1. The van der Waals surface area contributed by atoms with Crippen molar-refractivity contribution in [1.82, 2.24) is 14.3 Å². The number of aliphatic hydroxyl groups is 1. The van der Waals surface area contributed by atoms with Crippen LogP contribution < -0.4 is 10.9 Å². The summed E-state index contributed by atoms with van der Waals surface area (Å²) in [7, 11) is 0.